The van der Waals surface area contributed by atoms with Gasteiger partial charge in [0.25, 0.3) is 0 Å². The lowest BCUT2D eigenvalue weighted by atomic mass is 10.2. The summed E-state index contributed by atoms with van der Waals surface area (Å²) in [6.07, 6.45) is 3.50. The summed E-state index contributed by atoms with van der Waals surface area (Å²) in [4.78, 5) is 0. The fourth-order valence-corrected chi connectivity index (χ4v) is 2.43. The Morgan fingerprint density at radius 1 is 1.27 bits per heavy atom. The van der Waals surface area contributed by atoms with Gasteiger partial charge in [0.15, 0.2) is 17.7 Å². The lowest BCUT2D eigenvalue weighted by Crippen LogP contribution is -2.82. The molecule has 0 aliphatic heterocycles. The average molecular weight is 391 g/mol. The van der Waals surface area contributed by atoms with E-state index in [9.17, 15) is 0 Å². The van der Waals surface area contributed by atoms with Gasteiger partial charge in [0.2, 0.25) is 5.11 Å². The van der Waals surface area contributed by atoms with Crippen molar-refractivity contribution in [3.63, 3.8) is 0 Å². The molecule has 0 saturated heterocycles. The molecule has 0 aliphatic rings. The molecule has 136 valence electrons. The number of halogens is 1. The monoisotopic (exact) mass is 390 g/mol. The zero-order valence-electron chi connectivity index (χ0n) is 14.4. The Balaban J connectivity index is 1.98. The molecule has 5 nitrogen and oxygen atoms in total. The molecule has 0 heterocycles. The maximum Gasteiger partial charge on any atom is 0.224 e. The third kappa shape index (κ3) is 6.38. The summed E-state index contributed by atoms with van der Waals surface area (Å²) in [5.41, 5.74) is 4.74. The van der Waals surface area contributed by atoms with Crippen LogP contribution < -0.4 is 25.3 Å². The van der Waals surface area contributed by atoms with E-state index in [4.69, 9.17) is 33.3 Å². The minimum absolute atomic E-state index is 0.406. The topological polar surface area (TPSA) is 56.5 Å². The Labute approximate surface area is 163 Å². The van der Waals surface area contributed by atoms with Crippen LogP contribution in [0.15, 0.2) is 55.1 Å². The van der Waals surface area contributed by atoms with E-state index in [1.165, 1.54) is 0 Å². The second kappa shape index (κ2) is 10.4. The molecule has 0 aromatic heterocycles. The minimum Gasteiger partial charge on any atom is -0.493 e. The number of methoxy groups -OCH3 is 1. The van der Waals surface area contributed by atoms with Gasteiger partial charge in [0, 0.05) is 17.1 Å². The minimum atomic E-state index is 0.406. The molecule has 2 rings (SSSR count). The molecule has 3 N–H and O–H groups in total. The number of hydrogen-bond acceptors (Lipinski definition) is 3. The average Bonchev–Trinajstić information content (AvgIpc) is 2.65. The quantitative estimate of drug-likeness (QED) is 0.278. The molecule has 2 aromatic carbocycles. The second-order valence-corrected chi connectivity index (χ2v) is 6.09. The highest BCUT2D eigenvalue weighted by atomic mass is 35.5. The van der Waals surface area contributed by atoms with Gasteiger partial charge < -0.3 is 14.8 Å². The maximum absolute atomic E-state index is 5.99. The highest BCUT2D eigenvalue weighted by molar-refractivity contribution is 7.80. The van der Waals surface area contributed by atoms with E-state index < -0.39 is 0 Å². The number of rotatable bonds is 8. The van der Waals surface area contributed by atoms with Gasteiger partial charge in [0.05, 0.1) is 7.11 Å². The molecule has 0 bridgehead atoms. The zero-order chi connectivity index (χ0) is 18.8. The predicted molar refractivity (Wildman–Crippen MR) is 109 cm³/mol. The van der Waals surface area contributed by atoms with Crippen LogP contribution in [0.1, 0.15) is 11.1 Å². The van der Waals surface area contributed by atoms with Crippen molar-refractivity contribution in [3.8, 4) is 11.5 Å². The molecule has 2 aromatic rings. The summed E-state index contributed by atoms with van der Waals surface area (Å²) in [7, 11) is 1.60. The highest BCUT2D eigenvalue weighted by Gasteiger charge is 2.07. The van der Waals surface area contributed by atoms with Gasteiger partial charge in [-0.05, 0) is 48.1 Å². The van der Waals surface area contributed by atoms with Crippen molar-refractivity contribution >= 4 is 35.1 Å². The van der Waals surface area contributed by atoms with Crippen molar-refractivity contribution in [2.45, 2.75) is 6.61 Å². The van der Waals surface area contributed by atoms with Crippen LogP contribution >= 0.6 is 23.8 Å². The number of hydrazone groups is 1. The van der Waals surface area contributed by atoms with E-state index in [-0.39, 0.29) is 0 Å². The third-order valence-electron chi connectivity index (χ3n) is 3.30. The van der Waals surface area contributed by atoms with Crippen molar-refractivity contribution in [1.29, 1.82) is 0 Å². The van der Waals surface area contributed by atoms with E-state index in [1.54, 1.807) is 19.4 Å². The number of nitrogens with one attached hydrogen (secondary N) is 3. The van der Waals surface area contributed by atoms with Crippen molar-refractivity contribution < 1.29 is 14.6 Å². The number of thiocarbonyl (C=S) groups is 1. The molecule has 0 unspecified atom stereocenters. The Bertz CT molecular complexity index is 796. The fraction of sp³-hybridized carbons (Fsp3) is 0.158. The van der Waals surface area contributed by atoms with Crippen LogP contribution in [-0.4, -0.2) is 25.0 Å². The van der Waals surface area contributed by atoms with E-state index in [0.717, 1.165) is 11.1 Å². The predicted octanol–water partition coefficient (Wildman–Crippen LogP) is 1.99. The van der Waals surface area contributed by atoms with Crippen LogP contribution in [0.25, 0.3) is 0 Å². The first-order chi connectivity index (χ1) is 12.6. The molecule has 0 radical (unpaired) electrons. The molecule has 26 heavy (non-hydrogen) atoms. The Morgan fingerprint density at radius 3 is 2.85 bits per heavy atom. The molecule has 7 heteroatoms. The van der Waals surface area contributed by atoms with Crippen molar-refractivity contribution in [1.82, 2.24) is 10.7 Å². The molecular weight excluding hydrogens is 370 g/mol. The van der Waals surface area contributed by atoms with Crippen LogP contribution in [0.2, 0.25) is 5.02 Å². The van der Waals surface area contributed by atoms with E-state index >= 15 is 0 Å². The first kappa shape index (κ1) is 19.8. The van der Waals surface area contributed by atoms with Gasteiger partial charge >= 0.3 is 0 Å². The van der Waals surface area contributed by atoms with Gasteiger partial charge in [-0.25, -0.2) is 0 Å². The third-order valence-corrected chi connectivity index (χ3v) is 3.78. The molecule has 0 atom stereocenters. The highest BCUT2D eigenvalue weighted by Crippen LogP contribution is 2.28. The summed E-state index contributed by atoms with van der Waals surface area (Å²) < 4.78 is 11.2. The Hall–Kier alpha value is -2.57. The lowest BCUT2D eigenvalue weighted by Gasteiger charge is -2.11. The van der Waals surface area contributed by atoms with Crippen molar-refractivity contribution in [3.05, 3.63) is 71.3 Å². The van der Waals surface area contributed by atoms with Gasteiger partial charge in [-0.3, -0.25) is 0 Å². The summed E-state index contributed by atoms with van der Waals surface area (Å²) in [5.74, 6) is 1.29. The van der Waals surface area contributed by atoms with Gasteiger partial charge in [-0.2, -0.15) is 0 Å². The first-order valence-electron chi connectivity index (χ1n) is 7.91. The summed E-state index contributed by atoms with van der Waals surface area (Å²) >= 11 is 11.1. The van der Waals surface area contributed by atoms with Crippen LogP contribution in [0.5, 0.6) is 11.5 Å². The van der Waals surface area contributed by atoms with Crippen molar-refractivity contribution in [2.24, 2.45) is 0 Å². The Kier molecular flexibility index (Phi) is 7.92. The molecule has 0 spiro atoms. The fourth-order valence-electron chi connectivity index (χ4n) is 2.08. The SMILES string of the molecule is C=CCNC(=S)N[NH+]=Cc1ccc(OCc2cccc(Cl)c2)c(OC)c1. The summed E-state index contributed by atoms with van der Waals surface area (Å²) in [6, 6.07) is 13.2. The molecule has 0 saturated carbocycles. The van der Waals surface area contributed by atoms with Crippen LogP contribution in [0.4, 0.5) is 0 Å². The Morgan fingerprint density at radius 2 is 2.12 bits per heavy atom. The van der Waals surface area contributed by atoms with Gasteiger partial charge in [-0.15, -0.1) is 17.1 Å². The zero-order valence-corrected chi connectivity index (χ0v) is 16.0. The molecule has 0 fully saturated rings. The maximum atomic E-state index is 5.99. The number of hydrogen-bond donors (Lipinski definition) is 3. The lowest BCUT2D eigenvalue weighted by molar-refractivity contribution is -0.500. The van der Waals surface area contributed by atoms with E-state index in [1.807, 2.05) is 42.5 Å². The molecular formula is C19H21ClN3O2S+. The van der Waals surface area contributed by atoms with E-state index in [2.05, 4.69) is 22.4 Å². The largest absolute Gasteiger partial charge is 0.493 e. The van der Waals surface area contributed by atoms with Crippen LogP contribution in [0, 0.1) is 0 Å². The summed E-state index contributed by atoms with van der Waals surface area (Å²) in [5, 5.41) is 7.04. The van der Waals surface area contributed by atoms with Crippen LogP contribution in [0.3, 0.4) is 0 Å². The number of benzene rings is 2. The second-order valence-electron chi connectivity index (χ2n) is 5.24. The smallest absolute Gasteiger partial charge is 0.224 e. The first-order valence-corrected chi connectivity index (χ1v) is 8.69. The molecule has 0 aliphatic carbocycles. The molecule has 0 amide bonds. The van der Waals surface area contributed by atoms with E-state index in [0.29, 0.717) is 34.8 Å². The van der Waals surface area contributed by atoms with Gasteiger partial charge in [0.1, 0.15) is 6.61 Å². The van der Waals surface area contributed by atoms with Crippen LogP contribution in [-0.2, 0) is 6.61 Å². The number of ether oxygens (including phenoxy) is 2. The summed E-state index contributed by atoms with van der Waals surface area (Å²) in [6.45, 7) is 4.62. The normalized spacial score (nSPS) is 10.4. The van der Waals surface area contributed by atoms with Crippen molar-refractivity contribution in [2.75, 3.05) is 13.7 Å². The standard InChI is InChI=1S/C19H20ClN3O2S/c1-3-9-21-19(26)23-22-12-14-7-8-17(18(11-14)24-2)25-13-15-5-4-6-16(20)10-15/h3-8,10-12H,1,9,13H2,2H3,(H2,21,23,26)/p+1. The number of hydrazine groups is 1. The van der Waals surface area contributed by atoms with Gasteiger partial charge in [-0.1, -0.05) is 29.8 Å².